The van der Waals surface area contributed by atoms with Gasteiger partial charge < -0.3 is 9.56 Å². The number of rotatable bonds is 3. The van der Waals surface area contributed by atoms with Crippen LogP contribution in [0.15, 0.2) is 84.0 Å². The van der Waals surface area contributed by atoms with Crippen molar-refractivity contribution in [1.82, 2.24) is 0 Å². The van der Waals surface area contributed by atoms with E-state index in [0.717, 1.165) is 22.5 Å². The van der Waals surface area contributed by atoms with Gasteiger partial charge in [-0.15, -0.1) is 35.9 Å². The van der Waals surface area contributed by atoms with Crippen molar-refractivity contribution < 1.29 is 37.3 Å². The summed E-state index contributed by atoms with van der Waals surface area (Å²) in [5, 5.41) is 2.51. The minimum absolute atomic E-state index is 0. The summed E-state index contributed by atoms with van der Waals surface area (Å²) in [6.45, 7) is 2.17. The fourth-order valence-corrected chi connectivity index (χ4v) is 3.26. The van der Waals surface area contributed by atoms with Gasteiger partial charge in [0.2, 0.25) is 0 Å². The second kappa shape index (κ2) is 8.69. The summed E-state index contributed by atoms with van der Waals surface area (Å²) in [6.07, 6.45) is 5.14. The molecule has 0 fully saturated rings. The van der Waals surface area contributed by atoms with Crippen molar-refractivity contribution >= 4 is 22.7 Å². The molecule has 4 rings (SSSR count). The molecule has 0 spiro atoms. The first kappa shape index (κ1) is 19.6. The Labute approximate surface area is 185 Å². The van der Waals surface area contributed by atoms with Crippen LogP contribution in [0.5, 0.6) is 0 Å². The third-order valence-corrected chi connectivity index (χ3v) is 4.62. The van der Waals surface area contributed by atoms with Crippen LogP contribution in [0.1, 0.15) is 11.1 Å². The smallest absolute Gasteiger partial charge is 0.115 e. The van der Waals surface area contributed by atoms with Crippen LogP contribution in [0.2, 0.25) is 0 Å². The van der Waals surface area contributed by atoms with E-state index in [9.17, 15) is 0 Å². The molecule has 0 N–H and O–H groups in total. The molecule has 0 aliphatic rings. The summed E-state index contributed by atoms with van der Waals surface area (Å²) in [6, 6.07) is 27.9. The Kier molecular flexibility index (Phi) is 6.31. The van der Waals surface area contributed by atoms with Crippen LogP contribution in [-0.2, 0) is 39.8 Å². The van der Waals surface area contributed by atoms with Crippen molar-refractivity contribution in [2.45, 2.75) is 6.92 Å². The number of aromatic nitrogens is 1. The third-order valence-electron chi connectivity index (χ3n) is 4.62. The molecule has 0 aliphatic carbocycles. The standard InChI is InChI=1S/C24H19N2.Y/c1-18-21-12-7-6-11-20(21)14-15-22(18)24-23(13-8-16-26(24)2)25-17-19-9-4-3-5-10-19;/h3-12,14-16H,1-2H3;/q-1;. The summed E-state index contributed by atoms with van der Waals surface area (Å²) in [5.41, 5.74) is 5.19. The van der Waals surface area contributed by atoms with Gasteiger partial charge in [0.1, 0.15) is 7.05 Å². The fourth-order valence-electron chi connectivity index (χ4n) is 3.26. The van der Waals surface area contributed by atoms with Crippen molar-refractivity contribution in [2.75, 3.05) is 0 Å². The number of aryl methyl sites for hydroxylation is 2. The molecule has 0 aliphatic heterocycles. The van der Waals surface area contributed by atoms with Crippen LogP contribution in [0.3, 0.4) is 0 Å². The van der Waals surface area contributed by atoms with E-state index < -0.39 is 0 Å². The Morgan fingerprint density at radius 1 is 0.926 bits per heavy atom. The molecule has 1 heterocycles. The number of hydrogen-bond donors (Lipinski definition) is 0. The van der Waals surface area contributed by atoms with Crippen LogP contribution >= 0.6 is 0 Å². The molecule has 0 atom stereocenters. The van der Waals surface area contributed by atoms with Gasteiger partial charge in [0.15, 0.2) is 0 Å². The molecule has 27 heavy (non-hydrogen) atoms. The molecule has 1 aromatic heterocycles. The quantitative estimate of drug-likeness (QED) is 0.248. The molecule has 0 amide bonds. The van der Waals surface area contributed by atoms with E-state index in [-0.39, 0.29) is 32.7 Å². The Balaban J connectivity index is 0.00000210. The van der Waals surface area contributed by atoms with Crippen LogP contribution < -0.4 is 4.57 Å². The van der Waals surface area contributed by atoms with Gasteiger partial charge in [0.25, 0.3) is 0 Å². The van der Waals surface area contributed by atoms with E-state index in [2.05, 4.69) is 65.2 Å². The topological polar surface area (TPSA) is 16.2 Å². The SMILES string of the molecule is Cc1c(-c2c(N=[C-]c3ccccc3)[c-]cc[n+]2C)ccc2ccccc12.[Y]. The van der Waals surface area contributed by atoms with Crippen LogP contribution in [-0.4, -0.2) is 6.21 Å². The van der Waals surface area contributed by atoms with Gasteiger partial charge in [-0.05, 0) is 35.0 Å². The van der Waals surface area contributed by atoms with Crippen LogP contribution in [0.4, 0.5) is 5.69 Å². The van der Waals surface area contributed by atoms with Crippen LogP contribution in [0, 0.1) is 13.0 Å². The number of benzene rings is 3. The molecule has 3 aromatic carbocycles. The van der Waals surface area contributed by atoms with Gasteiger partial charge in [0, 0.05) is 32.7 Å². The molecule has 0 bridgehead atoms. The number of fused-ring (bicyclic) bond motifs is 1. The van der Waals surface area contributed by atoms with Crippen LogP contribution in [0.25, 0.3) is 22.0 Å². The van der Waals surface area contributed by atoms with Gasteiger partial charge in [0.05, 0.1) is 11.9 Å². The summed E-state index contributed by atoms with van der Waals surface area (Å²) in [5.74, 6) is 0. The van der Waals surface area contributed by atoms with E-state index in [1.807, 2.05) is 49.6 Å². The van der Waals surface area contributed by atoms with Crippen molar-refractivity contribution in [3.8, 4) is 11.3 Å². The zero-order chi connectivity index (χ0) is 17.9. The summed E-state index contributed by atoms with van der Waals surface area (Å²) in [7, 11) is 2.04. The van der Waals surface area contributed by atoms with Gasteiger partial charge >= 0.3 is 0 Å². The first-order chi connectivity index (χ1) is 12.7. The maximum Gasteiger partial charge on any atom is 0.115 e. The van der Waals surface area contributed by atoms with E-state index in [4.69, 9.17) is 0 Å². The third kappa shape index (κ3) is 4.07. The van der Waals surface area contributed by atoms with E-state index in [1.54, 1.807) is 0 Å². The molecule has 3 heteroatoms. The summed E-state index contributed by atoms with van der Waals surface area (Å²) < 4.78 is 2.10. The number of aliphatic imine (C=N–C) groups is 1. The Morgan fingerprint density at radius 3 is 2.48 bits per heavy atom. The zero-order valence-corrected chi connectivity index (χ0v) is 18.3. The van der Waals surface area contributed by atoms with E-state index in [1.165, 1.54) is 16.3 Å². The second-order valence-corrected chi connectivity index (χ2v) is 6.32. The predicted octanol–water partition coefficient (Wildman–Crippen LogP) is 5.07. The van der Waals surface area contributed by atoms with E-state index >= 15 is 0 Å². The monoisotopic (exact) mass is 424 g/mol. The average Bonchev–Trinajstić information content (AvgIpc) is 2.68. The van der Waals surface area contributed by atoms with Crippen molar-refractivity contribution in [3.63, 3.8) is 0 Å². The first-order valence-electron chi connectivity index (χ1n) is 8.65. The van der Waals surface area contributed by atoms with Crippen molar-refractivity contribution in [3.05, 3.63) is 96.2 Å². The summed E-state index contributed by atoms with van der Waals surface area (Å²) in [4.78, 5) is 4.61. The number of hydrogen-bond acceptors (Lipinski definition) is 1. The Morgan fingerprint density at radius 2 is 1.67 bits per heavy atom. The molecule has 0 unspecified atom stereocenters. The summed E-state index contributed by atoms with van der Waals surface area (Å²) >= 11 is 0. The predicted molar refractivity (Wildman–Crippen MR) is 107 cm³/mol. The molecule has 2 nitrogen and oxygen atoms in total. The normalized spacial score (nSPS) is 10.9. The maximum atomic E-state index is 4.61. The molecule has 0 saturated heterocycles. The number of pyridine rings is 1. The Hall–Kier alpha value is -2.16. The Bertz CT molecular complexity index is 1100. The van der Waals surface area contributed by atoms with Gasteiger partial charge in [-0.1, -0.05) is 48.2 Å². The zero-order valence-electron chi connectivity index (χ0n) is 15.5. The minimum atomic E-state index is 0. The largest absolute Gasteiger partial charge is 0.371 e. The van der Waals surface area contributed by atoms with Crippen molar-refractivity contribution in [1.29, 1.82) is 0 Å². The second-order valence-electron chi connectivity index (χ2n) is 6.32. The first-order valence-corrected chi connectivity index (χ1v) is 8.65. The molecular weight excluding hydrogens is 405 g/mol. The van der Waals surface area contributed by atoms with E-state index in [0.29, 0.717) is 0 Å². The number of nitrogens with zero attached hydrogens (tertiary/aromatic N) is 2. The van der Waals surface area contributed by atoms with Crippen molar-refractivity contribution in [2.24, 2.45) is 12.0 Å². The van der Waals surface area contributed by atoms with Gasteiger partial charge in [-0.3, -0.25) is 0 Å². The molecule has 0 saturated carbocycles. The van der Waals surface area contributed by atoms with Gasteiger partial charge in [-0.2, -0.15) is 6.07 Å². The minimum Gasteiger partial charge on any atom is -0.371 e. The maximum absolute atomic E-state index is 4.61. The average molecular weight is 424 g/mol. The molecule has 129 valence electrons. The molecular formula is C24H19N2Y-. The molecule has 4 aromatic rings. The molecule has 1 radical (unpaired) electrons. The van der Waals surface area contributed by atoms with Gasteiger partial charge in [-0.25, -0.2) is 0 Å². The fraction of sp³-hybridized carbons (Fsp3) is 0.0833.